The molecule has 0 spiro atoms. The molecule has 0 heterocycles. The molecule has 0 aromatic heterocycles. The number of rotatable bonds is 7. The molecule has 0 fully saturated rings. The van der Waals surface area contributed by atoms with Crippen LogP contribution in [0.25, 0.3) is 0 Å². The van der Waals surface area contributed by atoms with Gasteiger partial charge in [0.05, 0.1) is 5.75 Å². The molecule has 0 aliphatic rings. The summed E-state index contributed by atoms with van der Waals surface area (Å²) in [5.74, 6) is 0.759. The first kappa shape index (κ1) is 14.2. The maximum absolute atomic E-state index is 10.6. The van der Waals surface area contributed by atoms with Gasteiger partial charge in [-0.3, -0.25) is 0 Å². The molecule has 0 unspecified atom stereocenters. The van der Waals surface area contributed by atoms with Crippen LogP contribution in [0.1, 0.15) is 26.7 Å². The fourth-order valence-electron chi connectivity index (χ4n) is 1.10. The maximum Gasteiger partial charge on any atom is 0.232 e. The second kappa shape index (κ2) is 6.64. The van der Waals surface area contributed by atoms with Gasteiger partial charge in [-0.15, -0.1) is 0 Å². The van der Waals surface area contributed by atoms with Gasteiger partial charge in [-0.25, -0.2) is 8.42 Å². The molecule has 86 valence electrons. The van der Waals surface area contributed by atoms with Gasteiger partial charge in [0, 0.05) is 10.7 Å². The van der Waals surface area contributed by atoms with Gasteiger partial charge < -0.3 is 4.90 Å². The molecule has 0 aromatic rings. The Bertz CT molecular complexity index is 239. The van der Waals surface area contributed by atoms with Gasteiger partial charge in [-0.2, -0.15) is 0 Å². The smallest absolute Gasteiger partial charge is 0.232 e. The van der Waals surface area contributed by atoms with Gasteiger partial charge in [0.15, 0.2) is 0 Å². The van der Waals surface area contributed by atoms with Crippen LogP contribution in [0.15, 0.2) is 0 Å². The van der Waals surface area contributed by atoms with Crippen molar-refractivity contribution in [1.82, 2.24) is 4.90 Å². The molecule has 0 aliphatic carbocycles. The molecule has 0 saturated carbocycles. The summed E-state index contributed by atoms with van der Waals surface area (Å²) < 4.78 is 21.3. The highest BCUT2D eigenvalue weighted by molar-refractivity contribution is 8.13. The summed E-state index contributed by atoms with van der Waals surface area (Å²) in [5.41, 5.74) is 0. The fraction of sp³-hybridized carbons (Fsp3) is 1.00. The first-order chi connectivity index (χ1) is 6.31. The van der Waals surface area contributed by atoms with Crippen LogP contribution in [-0.2, 0) is 9.05 Å². The van der Waals surface area contributed by atoms with Crippen LogP contribution in [0.2, 0.25) is 0 Å². The minimum atomic E-state index is -3.31. The molecule has 0 aliphatic heterocycles. The predicted molar refractivity (Wildman–Crippen MR) is 61.2 cm³/mol. The van der Waals surface area contributed by atoms with E-state index in [-0.39, 0.29) is 5.75 Å². The summed E-state index contributed by atoms with van der Waals surface area (Å²) >= 11 is 0. The molecule has 3 nitrogen and oxygen atoms in total. The predicted octanol–water partition coefficient (Wildman–Crippen LogP) is 1.92. The van der Waals surface area contributed by atoms with E-state index in [4.69, 9.17) is 10.7 Å². The Kier molecular flexibility index (Phi) is 6.74. The lowest BCUT2D eigenvalue weighted by atomic mass is 10.1. The quantitative estimate of drug-likeness (QED) is 0.640. The van der Waals surface area contributed by atoms with Crippen molar-refractivity contribution in [1.29, 1.82) is 0 Å². The van der Waals surface area contributed by atoms with E-state index in [9.17, 15) is 8.42 Å². The lowest BCUT2D eigenvalue weighted by Crippen LogP contribution is -2.23. The van der Waals surface area contributed by atoms with Crippen molar-refractivity contribution in [3.8, 4) is 0 Å². The average Bonchev–Trinajstić information content (AvgIpc) is 1.98. The molecule has 0 aromatic carbocycles. The zero-order valence-corrected chi connectivity index (χ0v) is 10.7. The topological polar surface area (TPSA) is 37.4 Å². The molecule has 0 atom stereocenters. The first-order valence-electron chi connectivity index (χ1n) is 4.92. The van der Waals surface area contributed by atoms with Crippen LogP contribution >= 0.6 is 10.7 Å². The second-order valence-corrected chi connectivity index (χ2v) is 6.98. The Morgan fingerprint density at radius 1 is 1.29 bits per heavy atom. The lowest BCUT2D eigenvalue weighted by molar-refractivity contribution is 0.311. The Morgan fingerprint density at radius 3 is 2.29 bits per heavy atom. The van der Waals surface area contributed by atoms with E-state index < -0.39 is 9.05 Å². The first-order valence-corrected chi connectivity index (χ1v) is 7.40. The molecular formula is C9H20ClNO2S. The number of hydrogen-bond acceptors (Lipinski definition) is 3. The van der Waals surface area contributed by atoms with E-state index in [1.54, 1.807) is 0 Å². The minimum Gasteiger partial charge on any atom is -0.306 e. The van der Waals surface area contributed by atoms with Gasteiger partial charge in [0.1, 0.15) is 0 Å². The van der Waals surface area contributed by atoms with Crippen LogP contribution in [0, 0.1) is 5.92 Å². The Balaban J connectivity index is 3.50. The molecule has 0 amide bonds. The highest BCUT2D eigenvalue weighted by atomic mass is 35.7. The normalized spacial score (nSPS) is 12.7. The van der Waals surface area contributed by atoms with Crippen LogP contribution in [0.4, 0.5) is 0 Å². The van der Waals surface area contributed by atoms with Gasteiger partial charge in [-0.05, 0) is 38.9 Å². The van der Waals surface area contributed by atoms with Gasteiger partial charge >= 0.3 is 0 Å². The molecule has 0 N–H and O–H groups in total. The molecule has 14 heavy (non-hydrogen) atoms. The fourth-order valence-corrected chi connectivity index (χ4v) is 1.90. The third-order valence-electron chi connectivity index (χ3n) is 2.02. The van der Waals surface area contributed by atoms with Crippen molar-refractivity contribution in [2.45, 2.75) is 26.7 Å². The maximum atomic E-state index is 10.6. The summed E-state index contributed by atoms with van der Waals surface area (Å²) in [6.07, 6.45) is 1.75. The minimum absolute atomic E-state index is 0.0700. The van der Waals surface area contributed by atoms with E-state index in [0.29, 0.717) is 12.3 Å². The van der Waals surface area contributed by atoms with Crippen molar-refractivity contribution < 1.29 is 8.42 Å². The molecule has 0 rings (SSSR count). The highest BCUT2D eigenvalue weighted by Crippen LogP contribution is 2.03. The summed E-state index contributed by atoms with van der Waals surface area (Å²) in [4.78, 5) is 2.14. The van der Waals surface area contributed by atoms with Gasteiger partial charge in [0.25, 0.3) is 0 Å². The molecular weight excluding hydrogens is 222 g/mol. The van der Waals surface area contributed by atoms with Crippen LogP contribution < -0.4 is 0 Å². The monoisotopic (exact) mass is 241 g/mol. The van der Waals surface area contributed by atoms with Crippen molar-refractivity contribution in [2.75, 3.05) is 25.9 Å². The van der Waals surface area contributed by atoms with E-state index in [0.717, 1.165) is 19.5 Å². The van der Waals surface area contributed by atoms with Crippen molar-refractivity contribution in [3.05, 3.63) is 0 Å². The highest BCUT2D eigenvalue weighted by Gasteiger charge is 2.06. The zero-order valence-electron chi connectivity index (χ0n) is 9.16. The summed E-state index contributed by atoms with van der Waals surface area (Å²) in [6.45, 7) is 6.16. The SMILES string of the molecule is CC(C)CCN(C)CCCS(=O)(=O)Cl. The van der Waals surface area contributed by atoms with E-state index in [2.05, 4.69) is 18.7 Å². The van der Waals surface area contributed by atoms with Crippen molar-refractivity contribution >= 4 is 19.7 Å². The van der Waals surface area contributed by atoms with Crippen LogP contribution in [-0.4, -0.2) is 39.2 Å². The number of halogens is 1. The molecule has 0 saturated heterocycles. The Labute approximate surface area is 91.9 Å². The molecule has 0 bridgehead atoms. The Morgan fingerprint density at radius 2 is 1.86 bits per heavy atom. The van der Waals surface area contributed by atoms with Crippen molar-refractivity contribution in [2.24, 2.45) is 5.92 Å². The number of hydrogen-bond donors (Lipinski definition) is 0. The van der Waals surface area contributed by atoms with Gasteiger partial charge in [-0.1, -0.05) is 13.8 Å². The second-order valence-electron chi connectivity index (χ2n) is 4.08. The largest absolute Gasteiger partial charge is 0.306 e. The summed E-state index contributed by atoms with van der Waals surface area (Å²) in [7, 11) is 3.80. The summed E-state index contributed by atoms with van der Waals surface area (Å²) in [6, 6.07) is 0. The standard InChI is InChI=1S/C9H20ClNO2S/c1-9(2)5-7-11(3)6-4-8-14(10,12)13/h9H,4-8H2,1-3H3. The van der Waals surface area contributed by atoms with Gasteiger partial charge in [0.2, 0.25) is 9.05 Å². The lowest BCUT2D eigenvalue weighted by Gasteiger charge is -2.17. The average molecular weight is 242 g/mol. The third-order valence-corrected chi connectivity index (χ3v) is 3.26. The Hall–Kier alpha value is 0.200. The van der Waals surface area contributed by atoms with E-state index >= 15 is 0 Å². The third kappa shape index (κ3) is 10.3. The molecule has 5 heteroatoms. The summed E-state index contributed by atoms with van der Waals surface area (Å²) in [5, 5.41) is 0. The van der Waals surface area contributed by atoms with Crippen LogP contribution in [0.3, 0.4) is 0 Å². The van der Waals surface area contributed by atoms with E-state index in [1.165, 1.54) is 0 Å². The molecule has 0 radical (unpaired) electrons. The number of nitrogens with zero attached hydrogens (tertiary/aromatic N) is 1. The van der Waals surface area contributed by atoms with Crippen LogP contribution in [0.5, 0.6) is 0 Å². The van der Waals surface area contributed by atoms with Crippen molar-refractivity contribution in [3.63, 3.8) is 0 Å². The van der Waals surface area contributed by atoms with E-state index in [1.807, 2.05) is 7.05 Å². The zero-order chi connectivity index (χ0) is 11.2.